The highest BCUT2D eigenvalue weighted by Gasteiger charge is 2.10. The lowest BCUT2D eigenvalue weighted by atomic mass is 10.2. The number of anilines is 1. The molecule has 0 unspecified atom stereocenters. The molecule has 94 valence electrons. The minimum absolute atomic E-state index is 0.0627. The van der Waals surface area contributed by atoms with Crippen molar-refractivity contribution in [2.45, 2.75) is 19.3 Å². The van der Waals surface area contributed by atoms with Gasteiger partial charge in [0.05, 0.1) is 0 Å². The number of unbranched alkanes of at least 4 members (excludes halogenated alkanes) is 1. The van der Waals surface area contributed by atoms with Gasteiger partial charge in [-0.05, 0) is 50.7 Å². The molecule has 3 nitrogen and oxygen atoms in total. The Labute approximate surface area is 102 Å². The van der Waals surface area contributed by atoms with Crippen molar-refractivity contribution in [2.75, 3.05) is 25.5 Å². The maximum absolute atomic E-state index is 12.7. The van der Waals surface area contributed by atoms with Crippen molar-refractivity contribution in [3.63, 3.8) is 0 Å². The van der Waals surface area contributed by atoms with Crippen molar-refractivity contribution in [1.29, 1.82) is 0 Å². The molecule has 1 rings (SSSR count). The highest BCUT2D eigenvalue weighted by Crippen LogP contribution is 2.14. The van der Waals surface area contributed by atoms with Crippen LogP contribution in [0.25, 0.3) is 0 Å². The molecule has 1 N–H and O–H groups in total. The zero-order valence-corrected chi connectivity index (χ0v) is 10.4. The van der Waals surface area contributed by atoms with Gasteiger partial charge in [-0.25, -0.2) is 4.39 Å². The highest BCUT2D eigenvalue weighted by molar-refractivity contribution is 5.92. The first-order chi connectivity index (χ1) is 8.15. The molecule has 0 aliphatic rings. The molecule has 0 aliphatic heterocycles. The topological polar surface area (TPSA) is 32.3 Å². The summed E-state index contributed by atoms with van der Waals surface area (Å²) in [5.74, 6) is -0.226. The molecule has 0 heterocycles. The largest absolute Gasteiger partial charge is 0.320 e. The number of halogens is 1. The van der Waals surface area contributed by atoms with E-state index in [0.717, 1.165) is 25.1 Å². The maximum Gasteiger partial charge on any atom is 0.226 e. The van der Waals surface area contributed by atoms with E-state index >= 15 is 0 Å². The van der Waals surface area contributed by atoms with Gasteiger partial charge < -0.3 is 10.2 Å². The predicted octanol–water partition coefficient (Wildman–Crippen LogP) is 2.18. The number of carbonyl (C=O) groups excluding carboxylic acids is 1. The number of hydrogen-bond acceptors (Lipinski definition) is 2. The minimum atomic E-state index is -0.288. The Morgan fingerprint density at radius 2 is 1.94 bits per heavy atom. The Hall–Kier alpha value is -1.42. The number of nitrogens with zero attached hydrogens (tertiary/aromatic N) is 1. The van der Waals surface area contributed by atoms with Crippen LogP contribution in [0.1, 0.15) is 19.3 Å². The molecule has 17 heavy (non-hydrogen) atoms. The number of carbonyl (C=O) groups is 1. The van der Waals surface area contributed by atoms with E-state index in [0.29, 0.717) is 6.42 Å². The summed E-state index contributed by atoms with van der Waals surface area (Å²) in [5.41, 5.74) is 0.727. The standard InChI is InChI=1S/C13H19FN2O/c1-15-10-4-3-5-13(17)16(2)12-8-6-11(14)7-9-12/h6-9,15H,3-5,10H2,1-2H3. The first-order valence-corrected chi connectivity index (χ1v) is 5.82. The highest BCUT2D eigenvalue weighted by atomic mass is 19.1. The fourth-order valence-corrected chi connectivity index (χ4v) is 1.55. The summed E-state index contributed by atoms with van der Waals surface area (Å²) in [5, 5.41) is 3.04. The zero-order valence-electron chi connectivity index (χ0n) is 10.4. The van der Waals surface area contributed by atoms with E-state index in [1.54, 1.807) is 24.1 Å². The monoisotopic (exact) mass is 238 g/mol. The van der Waals surface area contributed by atoms with Crippen LogP contribution in [0, 0.1) is 5.82 Å². The Balaban J connectivity index is 2.43. The van der Waals surface area contributed by atoms with Crippen LogP contribution in [0.15, 0.2) is 24.3 Å². The summed E-state index contributed by atoms with van der Waals surface area (Å²) in [7, 11) is 3.61. The predicted molar refractivity (Wildman–Crippen MR) is 67.6 cm³/mol. The van der Waals surface area contributed by atoms with Crippen LogP contribution >= 0.6 is 0 Å². The molecule has 1 amide bonds. The van der Waals surface area contributed by atoms with Gasteiger partial charge in [-0.1, -0.05) is 0 Å². The molecule has 0 saturated heterocycles. The Kier molecular flexibility index (Phi) is 5.63. The number of benzene rings is 1. The van der Waals surface area contributed by atoms with Gasteiger partial charge in [0.2, 0.25) is 5.91 Å². The Morgan fingerprint density at radius 1 is 1.29 bits per heavy atom. The molecule has 0 fully saturated rings. The van der Waals surface area contributed by atoms with Gasteiger partial charge in [-0.15, -0.1) is 0 Å². The SMILES string of the molecule is CNCCCCC(=O)N(C)c1ccc(F)cc1. The third-order valence-electron chi connectivity index (χ3n) is 2.66. The molecule has 0 bridgehead atoms. The molecule has 0 saturated carbocycles. The van der Waals surface area contributed by atoms with E-state index in [-0.39, 0.29) is 11.7 Å². The van der Waals surface area contributed by atoms with Crippen molar-refractivity contribution in [1.82, 2.24) is 5.32 Å². The van der Waals surface area contributed by atoms with E-state index in [9.17, 15) is 9.18 Å². The first-order valence-electron chi connectivity index (χ1n) is 5.82. The quantitative estimate of drug-likeness (QED) is 0.770. The van der Waals surface area contributed by atoms with Crippen molar-refractivity contribution in [3.05, 3.63) is 30.1 Å². The van der Waals surface area contributed by atoms with Crippen LogP contribution in [0.4, 0.5) is 10.1 Å². The normalized spacial score (nSPS) is 10.3. The number of nitrogens with one attached hydrogen (secondary N) is 1. The summed E-state index contributed by atoms with van der Waals surface area (Å²) in [6.45, 7) is 0.924. The number of hydrogen-bond donors (Lipinski definition) is 1. The van der Waals surface area contributed by atoms with E-state index in [1.165, 1.54) is 12.1 Å². The number of rotatable bonds is 6. The zero-order chi connectivity index (χ0) is 12.7. The van der Waals surface area contributed by atoms with E-state index in [4.69, 9.17) is 0 Å². The third kappa shape index (κ3) is 4.53. The maximum atomic E-state index is 12.7. The summed E-state index contributed by atoms with van der Waals surface area (Å²) in [6, 6.07) is 5.95. The smallest absolute Gasteiger partial charge is 0.226 e. The van der Waals surface area contributed by atoms with Gasteiger partial charge in [-0.3, -0.25) is 4.79 Å². The molecule has 1 aromatic carbocycles. The van der Waals surface area contributed by atoms with Crippen molar-refractivity contribution in [3.8, 4) is 0 Å². The van der Waals surface area contributed by atoms with Crippen LogP contribution in [0.5, 0.6) is 0 Å². The molecule has 0 atom stereocenters. The van der Waals surface area contributed by atoms with E-state index in [1.807, 2.05) is 7.05 Å². The van der Waals surface area contributed by atoms with Crippen molar-refractivity contribution in [2.24, 2.45) is 0 Å². The second-order valence-electron chi connectivity index (χ2n) is 3.99. The van der Waals surface area contributed by atoms with Crippen LogP contribution in [-0.4, -0.2) is 26.5 Å². The van der Waals surface area contributed by atoms with Gasteiger partial charge in [0.15, 0.2) is 0 Å². The second-order valence-corrected chi connectivity index (χ2v) is 3.99. The molecular weight excluding hydrogens is 219 g/mol. The summed E-state index contributed by atoms with van der Waals surface area (Å²) in [6.07, 6.45) is 2.38. The molecule has 1 aromatic rings. The average Bonchev–Trinajstić information content (AvgIpc) is 2.34. The van der Waals surface area contributed by atoms with Gasteiger partial charge in [-0.2, -0.15) is 0 Å². The molecule has 0 aromatic heterocycles. The van der Waals surface area contributed by atoms with Crippen LogP contribution in [0.3, 0.4) is 0 Å². The van der Waals surface area contributed by atoms with Gasteiger partial charge in [0, 0.05) is 19.2 Å². The van der Waals surface area contributed by atoms with Crippen LogP contribution < -0.4 is 10.2 Å². The molecule has 0 aliphatic carbocycles. The summed E-state index contributed by atoms with van der Waals surface area (Å²) >= 11 is 0. The molecule has 0 radical (unpaired) electrons. The van der Waals surface area contributed by atoms with E-state index in [2.05, 4.69) is 5.32 Å². The summed E-state index contributed by atoms with van der Waals surface area (Å²) < 4.78 is 12.7. The van der Waals surface area contributed by atoms with Crippen LogP contribution in [0.2, 0.25) is 0 Å². The first kappa shape index (κ1) is 13.6. The fraction of sp³-hybridized carbons (Fsp3) is 0.462. The van der Waals surface area contributed by atoms with Crippen molar-refractivity contribution >= 4 is 11.6 Å². The lowest BCUT2D eigenvalue weighted by Crippen LogP contribution is -2.26. The van der Waals surface area contributed by atoms with Gasteiger partial charge in [0.1, 0.15) is 5.82 Å². The Bertz CT molecular complexity index is 351. The van der Waals surface area contributed by atoms with Gasteiger partial charge >= 0.3 is 0 Å². The number of amides is 1. The molecular formula is C13H19FN2O. The van der Waals surface area contributed by atoms with Crippen LogP contribution in [-0.2, 0) is 4.79 Å². The lowest BCUT2D eigenvalue weighted by molar-refractivity contribution is -0.118. The Morgan fingerprint density at radius 3 is 2.53 bits per heavy atom. The fourth-order valence-electron chi connectivity index (χ4n) is 1.55. The molecule has 4 heteroatoms. The van der Waals surface area contributed by atoms with Crippen molar-refractivity contribution < 1.29 is 9.18 Å². The lowest BCUT2D eigenvalue weighted by Gasteiger charge is -2.17. The second kappa shape index (κ2) is 7.01. The summed E-state index contributed by atoms with van der Waals surface area (Å²) in [4.78, 5) is 13.4. The minimum Gasteiger partial charge on any atom is -0.320 e. The van der Waals surface area contributed by atoms with E-state index < -0.39 is 0 Å². The molecule has 0 spiro atoms. The third-order valence-corrected chi connectivity index (χ3v) is 2.66. The average molecular weight is 238 g/mol. The van der Waals surface area contributed by atoms with Gasteiger partial charge in [0.25, 0.3) is 0 Å².